The second kappa shape index (κ2) is 5.25. The molecule has 3 rings (SSSR count). The monoisotopic (exact) mass is 277 g/mol. The van der Waals surface area contributed by atoms with Gasteiger partial charge in [-0.3, -0.25) is 4.79 Å². The molecule has 1 aromatic heterocycles. The average molecular weight is 277 g/mol. The third-order valence-corrected chi connectivity index (χ3v) is 3.40. The molecule has 2 N–H and O–H groups in total. The molecular weight excluding hydrogens is 262 g/mol. The molecule has 0 aliphatic heterocycles. The molecule has 0 atom stereocenters. The van der Waals surface area contributed by atoms with Crippen LogP contribution in [0.4, 0.5) is 11.4 Å². The van der Waals surface area contributed by atoms with Gasteiger partial charge in [0.05, 0.1) is 5.52 Å². The molecule has 104 valence electrons. The van der Waals surface area contributed by atoms with Crippen LogP contribution in [0, 0.1) is 0 Å². The van der Waals surface area contributed by atoms with Crippen LogP contribution in [0.15, 0.2) is 60.7 Å². The SMILES string of the molecule is CN(C(=O)c1ccc2ccccc2n1)c1ccc(N)cc1. The number of pyridine rings is 1. The zero-order valence-electron chi connectivity index (χ0n) is 11.7. The molecule has 21 heavy (non-hydrogen) atoms. The molecular formula is C17H15N3O. The summed E-state index contributed by atoms with van der Waals surface area (Å²) in [7, 11) is 1.73. The van der Waals surface area contributed by atoms with E-state index in [-0.39, 0.29) is 5.91 Å². The molecule has 1 amide bonds. The van der Waals surface area contributed by atoms with Gasteiger partial charge in [0.15, 0.2) is 0 Å². The Morgan fingerprint density at radius 3 is 2.48 bits per heavy atom. The summed E-state index contributed by atoms with van der Waals surface area (Å²) < 4.78 is 0. The lowest BCUT2D eigenvalue weighted by Crippen LogP contribution is -2.27. The van der Waals surface area contributed by atoms with E-state index in [1.807, 2.05) is 42.5 Å². The normalized spacial score (nSPS) is 10.5. The first-order valence-electron chi connectivity index (χ1n) is 6.64. The van der Waals surface area contributed by atoms with Gasteiger partial charge in [-0.2, -0.15) is 0 Å². The molecule has 0 aliphatic carbocycles. The van der Waals surface area contributed by atoms with Gasteiger partial charge in [0.1, 0.15) is 5.69 Å². The lowest BCUT2D eigenvalue weighted by atomic mass is 10.2. The highest BCUT2D eigenvalue weighted by Gasteiger charge is 2.15. The Labute approximate surface area is 122 Å². The van der Waals surface area contributed by atoms with Gasteiger partial charge < -0.3 is 10.6 Å². The van der Waals surface area contributed by atoms with Crippen molar-refractivity contribution in [3.63, 3.8) is 0 Å². The fraction of sp³-hybridized carbons (Fsp3) is 0.0588. The largest absolute Gasteiger partial charge is 0.399 e. The summed E-state index contributed by atoms with van der Waals surface area (Å²) >= 11 is 0. The van der Waals surface area contributed by atoms with Gasteiger partial charge in [0, 0.05) is 23.8 Å². The number of rotatable bonds is 2. The first-order valence-corrected chi connectivity index (χ1v) is 6.64. The highest BCUT2D eigenvalue weighted by atomic mass is 16.2. The lowest BCUT2D eigenvalue weighted by molar-refractivity contribution is 0.0988. The summed E-state index contributed by atoms with van der Waals surface area (Å²) in [6, 6.07) is 18.6. The molecule has 0 bridgehead atoms. The molecule has 4 nitrogen and oxygen atoms in total. The smallest absolute Gasteiger partial charge is 0.276 e. The van der Waals surface area contributed by atoms with Crippen molar-refractivity contribution in [1.82, 2.24) is 4.98 Å². The molecule has 0 aliphatic rings. The van der Waals surface area contributed by atoms with E-state index < -0.39 is 0 Å². The number of nitrogens with two attached hydrogens (primary N) is 1. The topological polar surface area (TPSA) is 59.2 Å². The zero-order valence-corrected chi connectivity index (χ0v) is 11.7. The second-order valence-corrected chi connectivity index (χ2v) is 4.84. The van der Waals surface area contributed by atoms with Crippen LogP contribution in [0.2, 0.25) is 0 Å². The van der Waals surface area contributed by atoms with Gasteiger partial charge in [-0.1, -0.05) is 24.3 Å². The third kappa shape index (κ3) is 2.56. The van der Waals surface area contributed by atoms with Crippen LogP contribution in [0.25, 0.3) is 10.9 Å². The van der Waals surface area contributed by atoms with Crippen LogP contribution < -0.4 is 10.6 Å². The van der Waals surface area contributed by atoms with Crippen LogP contribution >= 0.6 is 0 Å². The predicted molar refractivity (Wildman–Crippen MR) is 85.3 cm³/mol. The number of para-hydroxylation sites is 1. The number of amides is 1. The fourth-order valence-corrected chi connectivity index (χ4v) is 2.17. The van der Waals surface area contributed by atoms with Crippen LogP contribution in [0.5, 0.6) is 0 Å². The number of carbonyl (C=O) groups is 1. The summed E-state index contributed by atoms with van der Waals surface area (Å²) in [4.78, 5) is 18.5. The van der Waals surface area contributed by atoms with Crippen molar-refractivity contribution in [3.05, 3.63) is 66.4 Å². The standard InChI is InChI=1S/C17H15N3O/c1-20(14-9-7-13(18)8-10-14)17(21)16-11-6-12-4-2-3-5-15(12)19-16/h2-11H,18H2,1H3. The number of fused-ring (bicyclic) bond motifs is 1. The Hall–Kier alpha value is -2.88. The van der Waals surface area contributed by atoms with E-state index >= 15 is 0 Å². The molecule has 4 heteroatoms. The minimum Gasteiger partial charge on any atom is -0.399 e. The van der Waals surface area contributed by atoms with Gasteiger partial charge in [-0.15, -0.1) is 0 Å². The Morgan fingerprint density at radius 2 is 1.71 bits per heavy atom. The summed E-state index contributed by atoms with van der Waals surface area (Å²) in [5.74, 6) is -0.148. The first-order chi connectivity index (χ1) is 10.1. The van der Waals surface area contributed by atoms with Gasteiger partial charge in [-0.25, -0.2) is 4.98 Å². The van der Waals surface area contributed by atoms with Gasteiger partial charge in [-0.05, 0) is 36.4 Å². The van der Waals surface area contributed by atoms with Crippen LogP contribution in [-0.2, 0) is 0 Å². The maximum absolute atomic E-state index is 12.5. The Balaban J connectivity index is 1.94. The Kier molecular flexibility index (Phi) is 3.28. The number of nitrogen functional groups attached to an aromatic ring is 1. The fourth-order valence-electron chi connectivity index (χ4n) is 2.17. The van der Waals surface area contributed by atoms with E-state index in [2.05, 4.69) is 4.98 Å². The van der Waals surface area contributed by atoms with Crippen LogP contribution in [0.1, 0.15) is 10.5 Å². The number of nitrogens with zero attached hydrogens (tertiary/aromatic N) is 2. The summed E-state index contributed by atoms with van der Waals surface area (Å²) in [5, 5.41) is 1.02. The molecule has 1 heterocycles. The molecule has 3 aromatic rings. The van der Waals surface area contributed by atoms with E-state index in [1.54, 1.807) is 30.1 Å². The average Bonchev–Trinajstić information content (AvgIpc) is 2.54. The lowest BCUT2D eigenvalue weighted by Gasteiger charge is -2.17. The maximum atomic E-state index is 12.5. The van der Waals surface area contributed by atoms with Crippen molar-refractivity contribution in [1.29, 1.82) is 0 Å². The highest BCUT2D eigenvalue weighted by Crippen LogP contribution is 2.18. The van der Waals surface area contributed by atoms with E-state index in [0.717, 1.165) is 16.6 Å². The van der Waals surface area contributed by atoms with E-state index in [9.17, 15) is 4.79 Å². The Morgan fingerprint density at radius 1 is 1.00 bits per heavy atom. The number of hydrogen-bond acceptors (Lipinski definition) is 3. The quantitative estimate of drug-likeness (QED) is 0.732. The predicted octanol–water partition coefficient (Wildman–Crippen LogP) is 3.09. The van der Waals surface area contributed by atoms with Crippen molar-refractivity contribution in [2.45, 2.75) is 0 Å². The number of benzene rings is 2. The van der Waals surface area contributed by atoms with E-state index in [1.165, 1.54) is 0 Å². The molecule has 0 radical (unpaired) electrons. The minimum atomic E-state index is -0.148. The number of anilines is 2. The molecule has 0 spiro atoms. The van der Waals surface area contributed by atoms with Crippen molar-refractivity contribution >= 4 is 28.2 Å². The van der Waals surface area contributed by atoms with Crippen LogP contribution in [-0.4, -0.2) is 17.9 Å². The summed E-state index contributed by atoms with van der Waals surface area (Å²) in [6.45, 7) is 0. The van der Waals surface area contributed by atoms with E-state index in [4.69, 9.17) is 5.73 Å². The van der Waals surface area contributed by atoms with Gasteiger partial charge >= 0.3 is 0 Å². The van der Waals surface area contributed by atoms with Crippen LogP contribution in [0.3, 0.4) is 0 Å². The first kappa shape index (κ1) is 13.1. The second-order valence-electron chi connectivity index (χ2n) is 4.84. The molecule has 0 saturated heterocycles. The molecule has 0 saturated carbocycles. The molecule has 0 unspecified atom stereocenters. The van der Waals surface area contributed by atoms with Crippen molar-refractivity contribution in [3.8, 4) is 0 Å². The van der Waals surface area contributed by atoms with Crippen molar-refractivity contribution < 1.29 is 4.79 Å². The van der Waals surface area contributed by atoms with Crippen molar-refractivity contribution in [2.75, 3.05) is 17.7 Å². The van der Waals surface area contributed by atoms with E-state index in [0.29, 0.717) is 11.4 Å². The minimum absolute atomic E-state index is 0.148. The number of hydrogen-bond donors (Lipinski definition) is 1. The zero-order chi connectivity index (χ0) is 14.8. The third-order valence-electron chi connectivity index (χ3n) is 3.40. The maximum Gasteiger partial charge on any atom is 0.276 e. The Bertz CT molecular complexity index is 796. The summed E-state index contributed by atoms with van der Waals surface area (Å²) in [6.07, 6.45) is 0. The molecule has 2 aromatic carbocycles. The molecule has 0 fully saturated rings. The van der Waals surface area contributed by atoms with Gasteiger partial charge in [0.2, 0.25) is 0 Å². The van der Waals surface area contributed by atoms with Gasteiger partial charge in [0.25, 0.3) is 5.91 Å². The number of carbonyl (C=O) groups excluding carboxylic acids is 1. The van der Waals surface area contributed by atoms with Crippen molar-refractivity contribution in [2.24, 2.45) is 0 Å². The number of aromatic nitrogens is 1. The highest BCUT2D eigenvalue weighted by molar-refractivity contribution is 6.05. The summed E-state index contributed by atoms with van der Waals surface area (Å²) in [5.41, 5.74) is 8.35.